The normalized spacial score (nSPS) is 12.0. The van der Waals surface area contributed by atoms with Crippen LogP contribution in [0.5, 0.6) is 0 Å². The van der Waals surface area contributed by atoms with Gasteiger partial charge in [-0.1, -0.05) is 27.5 Å². The van der Waals surface area contributed by atoms with Gasteiger partial charge in [-0.05, 0) is 42.5 Å². The molecule has 26 heavy (non-hydrogen) atoms. The van der Waals surface area contributed by atoms with Gasteiger partial charge in [0, 0.05) is 4.47 Å². The van der Waals surface area contributed by atoms with Crippen LogP contribution in [-0.4, -0.2) is 26.0 Å². The lowest BCUT2D eigenvalue weighted by atomic mass is 10.2. The fourth-order valence-electron chi connectivity index (χ4n) is 2.04. The highest BCUT2D eigenvalue weighted by molar-refractivity contribution is 9.10. The van der Waals surface area contributed by atoms with Crippen molar-refractivity contribution < 1.29 is 31.5 Å². The molecule has 5 nitrogen and oxygen atoms in total. The van der Waals surface area contributed by atoms with Gasteiger partial charge in [0.2, 0.25) is 0 Å². The number of nitrogens with zero attached hydrogens (tertiary/aromatic N) is 1. The van der Waals surface area contributed by atoms with E-state index >= 15 is 0 Å². The van der Waals surface area contributed by atoms with E-state index < -0.39 is 40.0 Å². The number of alkyl halides is 3. The van der Waals surface area contributed by atoms with E-state index in [1.807, 2.05) is 0 Å². The van der Waals surface area contributed by atoms with Crippen LogP contribution in [0.1, 0.15) is 5.56 Å². The van der Waals surface area contributed by atoms with E-state index in [0.717, 1.165) is 6.07 Å². The molecule has 0 heterocycles. The summed E-state index contributed by atoms with van der Waals surface area (Å²) in [6.45, 7) is -1.10. The molecule has 0 aliphatic heterocycles. The van der Waals surface area contributed by atoms with Crippen molar-refractivity contribution in [2.24, 2.45) is 0 Å². The molecule has 0 fully saturated rings. The number of hydrogen-bond donors (Lipinski definition) is 1. The van der Waals surface area contributed by atoms with Gasteiger partial charge in [-0.15, -0.1) is 0 Å². The van der Waals surface area contributed by atoms with Gasteiger partial charge in [0.1, 0.15) is 6.54 Å². The number of carbonyl (C=O) groups is 1. The van der Waals surface area contributed by atoms with Crippen LogP contribution in [0.25, 0.3) is 0 Å². The molecule has 0 amide bonds. The summed E-state index contributed by atoms with van der Waals surface area (Å²) in [6.07, 6.45) is -4.75. The highest BCUT2D eigenvalue weighted by Gasteiger charge is 2.34. The first-order valence-electron chi connectivity index (χ1n) is 6.80. The lowest BCUT2D eigenvalue weighted by Crippen LogP contribution is -2.36. The molecule has 0 bridgehead atoms. The molecule has 0 aromatic heterocycles. The Bertz CT molecular complexity index is 933. The van der Waals surface area contributed by atoms with E-state index in [2.05, 4.69) is 15.9 Å². The minimum absolute atomic E-state index is 0.296. The summed E-state index contributed by atoms with van der Waals surface area (Å²) >= 11 is 9.00. The second-order valence-electron chi connectivity index (χ2n) is 5.02. The van der Waals surface area contributed by atoms with E-state index in [0.29, 0.717) is 20.9 Å². The van der Waals surface area contributed by atoms with Crippen LogP contribution in [0.4, 0.5) is 18.9 Å². The molecule has 0 aliphatic carbocycles. The van der Waals surface area contributed by atoms with Crippen molar-refractivity contribution in [1.82, 2.24) is 0 Å². The van der Waals surface area contributed by atoms with E-state index in [1.165, 1.54) is 24.3 Å². The van der Waals surface area contributed by atoms with Crippen molar-refractivity contribution >= 4 is 49.2 Å². The summed E-state index contributed by atoms with van der Waals surface area (Å²) in [5.41, 5.74) is -1.73. The smallest absolute Gasteiger partial charge is 0.416 e. The molecular weight excluding hydrogens is 463 g/mol. The van der Waals surface area contributed by atoms with E-state index in [4.69, 9.17) is 16.7 Å². The van der Waals surface area contributed by atoms with Crippen LogP contribution in [0, 0.1) is 0 Å². The molecule has 0 radical (unpaired) electrons. The third-order valence-corrected chi connectivity index (χ3v) is 5.84. The van der Waals surface area contributed by atoms with Crippen molar-refractivity contribution in [1.29, 1.82) is 0 Å². The molecule has 0 atom stereocenters. The summed E-state index contributed by atoms with van der Waals surface area (Å²) in [4.78, 5) is 10.8. The quantitative estimate of drug-likeness (QED) is 0.700. The van der Waals surface area contributed by atoms with Gasteiger partial charge in [-0.2, -0.15) is 13.2 Å². The van der Waals surface area contributed by atoms with Crippen molar-refractivity contribution in [2.45, 2.75) is 11.1 Å². The van der Waals surface area contributed by atoms with Gasteiger partial charge in [-0.3, -0.25) is 9.10 Å². The zero-order valence-corrected chi connectivity index (χ0v) is 15.8. The Kier molecular flexibility index (Phi) is 5.89. The maximum absolute atomic E-state index is 13.0. The third-order valence-electron chi connectivity index (χ3n) is 3.22. The summed E-state index contributed by atoms with van der Waals surface area (Å²) < 4.78 is 65.4. The van der Waals surface area contributed by atoms with E-state index in [1.54, 1.807) is 0 Å². The van der Waals surface area contributed by atoms with Crippen LogP contribution in [0.15, 0.2) is 51.8 Å². The Labute approximate surface area is 160 Å². The number of rotatable bonds is 5. The topological polar surface area (TPSA) is 74.7 Å². The van der Waals surface area contributed by atoms with Gasteiger partial charge in [0.15, 0.2) is 0 Å². The Balaban J connectivity index is 2.65. The minimum Gasteiger partial charge on any atom is -0.480 e. The van der Waals surface area contributed by atoms with Crippen molar-refractivity contribution in [3.63, 3.8) is 0 Å². The fraction of sp³-hybridized carbons (Fsp3) is 0.133. The first-order valence-corrected chi connectivity index (χ1v) is 9.41. The predicted octanol–water partition coefficient (Wildman–Crippen LogP) is 4.40. The SMILES string of the molecule is O=C(O)CN(c1cc(C(F)(F)F)ccc1Cl)S(=O)(=O)c1ccc(Br)cc1. The maximum atomic E-state index is 13.0. The van der Waals surface area contributed by atoms with Crippen molar-refractivity contribution in [3.8, 4) is 0 Å². The molecule has 2 rings (SSSR count). The van der Waals surface area contributed by atoms with Gasteiger partial charge in [-0.25, -0.2) is 8.42 Å². The first-order chi connectivity index (χ1) is 11.9. The van der Waals surface area contributed by atoms with Gasteiger partial charge in [0.05, 0.1) is 21.2 Å². The van der Waals surface area contributed by atoms with Gasteiger partial charge in [0.25, 0.3) is 10.0 Å². The summed E-state index contributed by atoms with van der Waals surface area (Å²) in [5, 5.41) is 8.71. The lowest BCUT2D eigenvalue weighted by Gasteiger charge is -2.24. The number of aliphatic carboxylic acids is 1. The number of anilines is 1. The first kappa shape index (κ1) is 20.5. The van der Waals surface area contributed by atoms with Gasteiger partial charge >= 0.3 is 12.1 Å². The third kappa shape index (κ3) is 4.49. The van der Waals surface area contributed by atoms with Crippen LogP contribution < -0.4 is 4.31 Å². The van der Waals surface area contributed by atoms with Crippen LogP contribution >= 0.6 is 27.5 Å². The van der Waals surface area contributed by atoms with Crippen LogP contribution in [0.2, 0.25) is 5.02 Å². The molecule has 0 saturated carbocycles. The molecule has 0 aliphatic rings. The van der Waals surface area contributed by atoms with Crippen molar-refractivity contribution in [2.75, 3.05) is 10.8 Å². The molecular formula is C15H10BrClF3NO4S. The fourth-order valence-corrected chi connectivity index (χ4v) is 4.00. The Morgan fingerprint density at radius 3 is 2.23 bits per heavy atom. The predicted molar refractivity (Wildman–Crippen MR) is 92.8 cm³/mol. The summed E-state index contributed by atoms with van der Waals surface area (Å²) in [7, 11) is -4.47. The number of benzene rings is 2. The zero-order chi connectivity index (χ0) is 19.7. The largest absolute Gasteiger partial charge is 0.480 e. The van der Waals surface area contributed by atoms with Crippen molar-refractivity contribution in [3.05, 3.63) is 57.5 Å². The average molecular weight is 473 g/mol. The Hall–Kier alpha value is -1.78. The molecule has 140 valence electrons. The zero-order valence-electron chi connectivity index (χ0n) is 12.7. The average Bonchev–Trinajstić information content (AvgIpc) is 2.52. The monoisotopic (exact) mass is 471 g/mol. The number of halogens is 5. The minimum atomic E-state index is -4.75. The lowest BCUT2D eigenvalue weighted by molar-refractivity contribution is -0.137. The number of carboxylic acids is 1. The molecule has 2 aromatic carbocycles. The number of sulfonamides is 1. The number of hydrogen-bond acceptors (Lipinski definition) is 3. The second kappa shape index (κ2) is 7.45. The summed E-state index contributed by atoms with van der Waals surface area (Å²) in [6, 6.07) is 7.23. The molecule has 1 N–H and O–H groups in total. The van der Waals surface area contributed by atoms with Crippen LogP contribution in [-0.2, 0) is 21.0 Å². The second-order valence-corrected chi connectivity index (χ2v) is 8.21. The highest BCUT2D eigenvalue weighted by Crippen LogP contribution is 2.37. The summed E-state index contributed by atoms with van der Waals surface area (Å²) in [5.74, 6) is -1.56. The molecule has 2 aromatic rings. The Morgan fingerprint density at radius 1 is 1.15 bits per heavy atom. The molecule has 0 spiro atoms. The van der Waals surface area contributed by atoms with E-state index in [-0.39, 0.29) is 9.92 Å². The maximum Gasteiger partial charge on any atom is 0.416 e. The number of carboxylic acid groups (broad SMARTS) is 1. The molecule has 11 heteroatoms. The molecule has 0 unspecified atom stereocenters. The Morgan fingerprint density at radius 2 is 1.73 bits per heavy atom. The van der Waals surface area contributed by atoms with Crippen LogP contribution in [0.3, 0.4) is 0 Å². The van der Waals surface area contributed by atoms with Gasteiger partial charge < -0.3 is 5.11 Å². The molecule has 0 saturated heterocycles. The highest BCUT2D eigenvalue weighted by atomic mass is 79.9. The van der Waals surface area contributed by atoms with E-state index in [9.17, 15) is 26.4 Å². The standard InChI is InChI=1S/C15H10BrClF3NO4S/c16-10-2-4-11(5-3-10)26(24,25)21(8-14(22)23)13-7-9(15(18,19)20)1-6-12(13)17/h1-7H,8H2,(H,22,23).